The lowest BCUT2D eigenvalue weighted by atomic mass is 10.2. The van der Waals surface area contributed by atoms with Crippen LogP contribution < -0.4 is 10.1 Å². The number of rotatable bonds is 8. The second-order valence-corrected chi connectivity index (χ2v) is 4.57. The molecule has 0 spiro atoms. The SMILES string of the molecule is CCC(CC)NCCOc1cnn(C(C)C)c1. The normalized spacial score (nSPS) is 11.4. The van der Waals surface area contributed by atoms with E-state index in [1.807, 2.05) is 10.9 Å². The summed E-state index contributed by atoms with van der Waals surface area (Å²) in [6.45, 7) is 10.2. The highest BCUT2D eigenvalue weighted by Crippen LogP contribution is 2.11. The molecule has 17 heavy (non-hydrogen) atoms. The van der Waals surface area contributed by atoms with E-state index in [9.17, 15) is 0 Å². The van der Waals surface area contributed by atoms with E-state index in [0.29, 0.717) is 18.7 Å². The summed E-state index contributed by atoms with van der Waals surface area (Å²) in [6, 6.07) is 0.993. The van der Waals surface area contributed by atoms with Gasteiger partial charge in [-0.1, -0.05) is 13.8 Å². The Morgan fingerprint density at radius 3 is 2.59 bits per heavy atom. The summed E-state index contributed by atoms with van der Waals surface area (Å²) in [5, 5.41) is 7.70. The van der Waals surface area contributed by atoms with Crippen LogP contribution in [0.15, 0.2) is 12.4 Å². The van der Waals surface area contributed by atoms with E-state index in [4.69, 9.17) is 4.74 Å². The molecule has 0 aromatic carbocycles. The van der Waals surface area contributed by atoms with E-state index in [-0.39, 0.29) is 0 Å². The van der Waals surface area contributed by atoms with Crippen molar-refractivity contribution in [3.8, 4) is 5.75 Å². The highest BCUT2D eigenvalue weighted by molar-refractivity contribution is 5.11. The Morgan fingerprint density at radius 1 is 1.35 bits per heavy atom. The first-order valence-corrected chi connectivity index (χ1v) is 6.57. The summed E-state index contributed by atoms with van der Waals surface area (Å²) in [7, 11) is 0. The van der Waals surface area contributed by atoms with Gasteiger partial charge in [0.25, 0.3) is 0 Å². The molecule has 1 N–H and O–H groups in total. The number of ether oxygens (including phenoxy) is 1. The largest absolute Gasteiger partial charge is 0.489 e. The minimum Gasteiger partial charge on any atom is -0.489 e. The third kappa shape index (κ3) is 4.77. The van der Waals surface area contributed by atoms with Crippen LogP contribution in [0.2, 0.25) is 0 Å². The minimum absolute atomic E-state index is 0.384. The molecule has 1 heterocycles. The molecular weight excluding hydrogens is 214 g/mol. The number of aromatic nitrogens is 2. The highest BCUT2D eigenvalue weighted by atomic mass is 16.5. The number of hydrogen-bond donors (Lipinski definition) is 1. The monoisotopic (exact) mass is 239 g/mol. The maximum atomic E-state index is 5.63. The van der Waals surface area contributed by atoms with Crippen molar-refractivity contribution in [3.05, 3.63) is 12.4 Å². The topological polar surface area (TPSA) is 39.1 Å². The molecule has 0 unspecified atom stereocenters. The van der Waals surface area contributed by atoms with Crippen LogP contribution in [0.1, 0.15) is 46.6 Å². The molecule has 1 aromatic heterocycles. The molecule has 0 bridgehead atoms. The molecule has 0 amide bonds. The van der Waals surface area contributed by atoms with Crippen LogP contribution >= 0.6 is 0 Å². The number of nitrogens with zero attached hydrogens (tertiary/aromatic N) is 2. The number of hydrogen-bond acceptors (Lipinski definition) is 3. The first kappa shape index (κ1) is 14.0. The van der Waals surface area contributed by atoms with Gasteiger partial charge in [-0.2, -0.15) is 5.10 Å². The summed E-state index contributed by atoms with van der Waals surface area (Å²) in [5.74, 6) is 0.852. The van der Waals surface area contributed by atoms with Crippen molar-refractivity contribution in [2.75, 3.05) is 13.2 Å². The van der Waals surface area contributed by atoms with Crippen molar-refractivity contribution in [2.45, 2.75) is 52.6 Å². The third-order valence-corrected chi connectivity index (χ3v) is 2.90. The van der Waals surface area contributed by atoms with Crippen LogP contribution in [0.25, 0.3) is 0 Å². The first-order chi connectivity index (χ1) is 8.17. The van der Waals surface area contributed by atoms with E-state index in [1.54, 1.807) is 6.20 Å². The van der Waals surface area contributed by atoms with Gasteiger partial charge in [0.1, 0.15) is 6.61 Å². The minimum atomic E-state index is 0.384. The van der Waals surface area contributed by atoms with Gasteiger partial charge in [0.15, 0.2) is 5.75 Å². The van der Waals surface area contributed by atoms with E-state index >= 15 is 0 Å². The maximum absolute atomic E-state index is 5.63. The van der Waals surface area contributed by atoms with Crippen LogP contribution in [-0.4, -0.2) is 29.0 Å². The maximum Gasteiger partial charge on any atom is 0.157 e. The van der Waals surface area contributed by atoms with Crippen LogP contribution in [0.5, 0.6) is 5.75 Å². The first-order valence-electron chi connectivity index (χ1n) is 6.57. The Balaban J connectivity index is 2.21. The molecule has 4 heteroatoms. The molecule has 0 aliphatic rings. The Morgan fingerprint density at radius 2 is 2.06 bits per heavy atom. The van der Waals surface area contributed by atoms with Crippen LogP contribution in [0, 0.1) is 0 Å². The van der Waals surface area contributed by atoms with Crippen LogP contribution in [0.4, 0.5) is 0 Å². The highest BCUT2D eigenvalue weighted by Gasteiger charge is 2.03. The summed E-state index contributed by atoms with van der Waals surface area (Å²) in [6.07, 6.45) is 6.06. The van der Waals surface area contributed by atoms with Gasteiger partial charge < -0.3 is 10.1 Å². The molecule has 1 aromatic rings. The predicted molar refractivity (Wildman–Crippen MR) is 70.5 cm³/mol. The van der Waals surface area contributed by atoms with E-state index in [0.717, 1.165) is 12.3 Å². The van der Waals surface area contributed by atoms with Gasteiger partial charge in [0, 0.05) is 18.6 Å². The Labute approximate surface area is 104 Å². The lowest BCUT2D eigenvalue weighted by molar-refractivity contribution is 0.301. The second kappa shape index (κ2) is 7.33. The summed E-state index contributed by atoms with van der Waals surface area (Å²) >= 11 is 0. The molecule has 0 aliphatic heterocycles. The molecular formula is C13H25N3O. The average molecular weight is 239 g/mol. The average Bonchev–Trinajstić information content (AvgIpc) is 2.78. The molecule has 0 aliphatic carbocycles. The van der Waals surface area contributed by atoms with Crippen molar-refractivity contribution >= 4 is 0 Å². The fourth-order valence-electron chi connectivity index (χ4n) is 1.69. The van der Waals surface area contributed by atoms with Crippen molar-refractivity contribution in [2.24, 2.45) is 0 Å². The van der Waals surface area contributed by atoms with E-state index < -0.39 is 0 Å². The summed E-state index contributed by atoms with van der Waals surface area (Å²) < 4.78 is 7.54. The third-order valence-electron chi connectivity index (χ3n) is 2.90. The quantitative estimate of drug-likeness (QED) is 0.709. The van der Waals surface area contributed by atoms with Gasteiger partial charge in [-0.05, 0) is 26.7 Å². The Hall–Kier alpha value is -1.03. The zero-order valence-electron chi connectivity index (χ0n) is 11.4. The van der Waals surface area contributed by atoms with Crippen molar-refractivity contribution in [1.82, 2.24) is 15.1 Å². The fourth-order valence-corrected chi connectivity index (χ4v) is 1.69. The van der Waals surface area contributed by atoms with Gasteiger partial charge in [0.2, 0.25) is 0 Å². The molecule has 0 radical (unpaired) electrons. The molecule has 0 atom stereocenters. The molecule has 98 valence electrons. The van der Waals surface area contributed by atoms with E-state index in [2.05, 4.69) is 38.1 Å². The lowest BCUT2D eigenvalue weighted by Crippen LogP contribution is -2.31. The van der Waals surface area contributed by atoms with Gasteiger partial charge in [0.05, 0.1) is 12.4 Å². The van der Waals surface area contributed by atoms with Crippen LogP contribution in [0.3, 0.4) is 0 Å². The molecule has 0 saturated heterocycles. The van der Waals surface area contributed by atoms with Crippen molar-refractivity contribution in [3.63, 3.8) is 0 Å². The van der Waals surface area contributed by atoms with Gasteiger partial charge in [-0.25, -0.2) is 0 Å². The molecule has 4 nitrogen and oxygen atoms in total. The molecule has 1 rings (SSSR count). The Bertz CT molecular complexity index is 305. The van der Waals surface area contributed by atoms with Crippen LogP contribution in [-0.2, 0) is 0 Å². The lowest BCUT2D eigenvalue weighted by Gasteiger charge is -2.14. The predicted octanol–water partition coefficient (Wildman–Crippen LogP) is 2.62. The standard InChI is InChI=1S/C13H25N3O/c1-5-12(6-2)14-7-8-17-13-9-15-16(10-13)11(3)4/h9-12,14H,5-8H2,1-4H3. The van der Waals surface area contributed by atoms with Gasteiger partial charge in [-0.15, -0.1) is 0 Å². The van der Waals surface area contributed by atoms with Crippen molar-refractivity contribution in [1.29, 1.82) is 0 Å². The zero-order chi connectivity index (χ0) is 12.7. The molecule has 0 fully saturated rings. The smallest absolute Gasteiger partial charge is 0.157 e. The van der Waals surface area contributed by atoms with Gasteiger partial charge in [-0.3, -0.25) is 4.68 Å². The fraction of sp³-hybridized carbons (Fsp3) is 0.769. The Kier molecular flexibility index (Phi) is 6.05. The molecule has 0 saturated carbocycles. The second-order valence-electron chi connectivity index (χ2n) is 4.57. The number of nitrogens with one attached hydrogen (secondary N) is 1. The van der Waals surface area contributed by atoms with Crippen molar-refractivity contribution < 1.29 is 4.74 Å². The van der Waals surface area contributed by atoms with E-state index in [1.165, 1.54) is 12.8 Å². The summed E-state index contributed by atoms with van der Waals surface area (Å²) in [4.78, 5) is 0. The zero-order valence-corrected chi connectivity index (χ0v) is 11.4. The summed E-state index contributed by atoms with van der Waals surface area (Å²) in [5.41, 5.74) is 0. The van der Waals surface area contributed by atoms with Gasteiger partial charge >= 0.3 is 0 Å².